The average Bonchev–Trinajstić information content (AvgIpc) is 3.27. The normalized spacial score (nSPS) is 17.5. The van der Waals surface area contributed by atoms with E-state index >= 15 is 0 Å². The molecule has 7 nitrogen and oxygen atoms in total. The van der Waals surface area contributed by atoms with Crippen molar-refractivity contribution in [3.8, 4) is 0 Å². The molecule has 3 N–H and O–H groups in total. The predicted molar refractivity (Wildman–Crippen MR) is 168 cm³/mol. The lowest BCUT2D eigenvalue weighted by Gasteiger charge is -2.40. The van der Waals surface area contributed by atoms with Crippen molar-refractivity contribution in [1.29, 1.82) is 0 Å². The van der Waals surface area contributed by atoms with Crippen LogP contribution in [0.2, 0.25) is 0 Å². The number of fused-ring (bicyclic) bond motifs is 1. The second kappa shape index (κ2) is 12.8. The quantitative estimate of drug-likeness (QED) is 0.156. The summed E-state index contributed by atoms with van der Waals surface area (Å²) in [7, 11) is 0. The predicted octanol–water partition coefficient (Wildman–Crippen LogP) is 6.44. The van der Waals surface area contributed by atoms with E-state index in [0.717, 1.165) is 47.2 Å². The third kappa shape index (κ3) is 5.77. The van der Waals surface area contributed by atoms with Gasteiger partial charge in [0.25, 0.3) is 0 Å². The van der Waals surface area contributed by atoms with E-state index in [4.69, 9.17) is 10.5 Å². The van der Waals surface area contributed by atoms with E-state index in [1.165, 1.54) is 5.56 Å². The Kier molecular flexibility index (Phi) is 8.92. The van der Waals surface area contributed by atoms with Crippen molar-refractivity contribution in [2.45, 2.75) is 64.6 Å². The second-order valence-electron chi connectivity index (χ2n) is 11.3. The van der Waals surface area contributed by atoms with Crippen LogP contribution in [-0.4, -0.2) is 28.6 Å². The van der Waals surface area contributed by atoms with Gasteiger partial charge in [-0.2, -0.15) is 0 Å². The third-order valence-electron chi connectivity index (χ3n) is 8.44. The van der Waals surface area contributed by atoms with Gasteiger partial charge in [0.2, 0.25) is 0 Å². The minimum Gasteiger partial charge on any atom is -0.478 e. The standard InChI is InChI=1S/C36H39N3O4/c1-4-39-31-15-14-30(34(40)41)29(13-9-8-10-26-16-18-38-19-17-26)32(31)33(37)36(39,28-21-24(2)20-25(3)22-28)35(42)43-23-27-11-6-5-7-12-27/h5-7,11-12,14-22,33H,4,8-10,13,23,37H2,1-3H3,(H,40,41). The van der Waals surface area contributed by atoms with Crippen LogP contribution in [0.4, 0.5) is 5.69 Å². The van der Waals surface area contributed by atoms with Crippen molar-refractivity contribution in [3.05, 3.63) is 130 Å². The van der Waals surface area contributed by atoms with Gasteiger partial charge in [0.15, 0.2) is 5.54 Å². The number of hydrogen-bond acceptors (Lipinski definition) is 6. The number of carboxylic acids is 1. The fourth-order valence-electron chi connectivity index (χ4n) is 6.59. The summed E-state index contributed by atoms with van der Waals surface area (Å²) in [6, 6.07) is 22.2. The summed E-state index contributed by atoms with van der Waals surface area (Å²) in [5, 5.41) is 10.2. The van der Waals surface area contributed by atoms with E-state index in [-0.39, 0.29) is 12.2 Å². The first-order valence-corrected chi connectivity index (χ1v) is 14.9. The first-order valence-electron chi connectivity index (χ1n) is 14.9. The highest BCUT2D eigenvalue weighted by Crippen LogP contribution is 2.54. The van der Waals surface area contributed by atoms with E-state index < -0.39 is 23.5 Å². The molecular weight excluding hydrogens is 538 g/mol. The number of pyridine rings is 1. The average molecular weight is 578 g/mol. The van der Waals surface area contributed by atoms with Crippen molar-refractivity contribution >= 4 is 17.6 Å². The monoisotopic (exact) mass is 577 g/mol. The first kappa shape index (κ1) is 30.0. The van der Waals surface area contributed by atoms with Gasteiger partial charge in [-0.1, -0.05) is 59.7 Å². The maximum atomic E-state index is 14.5. The Labute approximate surface area is 253 Å². The zero-order chi connectivity index (χ0) is 30.6. The molecule has 1 aliphatic heterocycles. The van der Waals surface area contributed by atoms with Crippen LogP contribution in [0.5, 0.6) is 0 Å². The minimum atomic E-state index is -1.37. The molecule has 0 saturated carbocycles. The number of carbonyl (C=O) groups excluding carboxylic acids is 1. The summed E-state index contributed by atoms with van der Waals surface area (Å²) in [6.45, 7) is 6.57. The maximum Gasteiger partial charge on any atom is 0.339 e. The molecule has 0 spiro atoms. The Morgan fingerprint density at radius 2 is 1.60 bits per heavy atom. The molecule has 43 heavy (non-hydrogen) atoms. The van der Waals surface area contributed by atoms with Gasteiger partial charge in [-0.25, -0.2) is 9.59 Å². The Bertz CT molecular complexity index is 1590. The number of nitrogens with two attached hydrogens (primary N) is 1. The summed E-state index contributed by atoms with van der Waals surface area (Å²) >= 11 is 0. The van der Waals surface area contributed by atoms with Gasteiger partial charge >= 0.3 is 11.9 Å². The van der Waals surface area contributed by atoms with Gasteiger partial charge in [0.1, 0.15) is 6.61 Å². The van der Waals surface area contributed by atoms with E-state index in [1.54, 1.807) is 24.5 Å². The number of esters is 1. The lowest BCUT2D eigenvalue weighted by molar-refractivity contribution is -0.153. The lowest BCUT2D eigenvalue weighted by atomic mass is 9.79. The topological polar surface area (TPSA) is 106 Å². The molecule has 0 radical (unpaired) electrons. The molecule has 222 valence electrons. The van der Waals surface area contributed by atoms with Gasteiger partial charge in [-0.05, 0) is 98.5 Å². The number of nitrogens with zero attached hydrogens (tertiary/aromatic N) is 2. The second-order valence-corrected chi connectivity index (χ2v) is 11.3. The number of rotatable bonds is 11. The number of carboxylic acid groups (broad SMARTS) is 1. The van der Waals surface area contributed by atoms with Gasteiger partial charge in [-0.3, -0.25) is 4.98 Å². The van der Waals surface area contributed by atoms with Crippen LogP contribution in [0.15, 0.2) is 85.2 Å². The molecule has 2 atom stereocenters. The number of likely N-dealkylation sites (N-methyl/N-ethyl adjacent to an activating group) is 1. The maximum absolute atomic E-state index is 14.5. The Balaban J connectivity index is 1.58. The summed E-state index contributed by atoms with van der Waals surface area (Å²) in [6.07, 6.45) is 6.61. The number of benzene rings is 3. The summed E-state index contributed by atoms with van der Waals surface area (Å²) in [5.41, 5.74) is 13.1. The Hall–Kier alpha value is -4.49. The van der Waals surface area contributed by atoms with Crippen LogP contribution in [0.3, 0.4) is 0 Å². The highest BCUT2D eigenvalue weighted by molar-refractivity contribution is 5.96. The van der Waals surface area contributed by atoms with E-state index in [0.29, 0.717) is 24.1 Å². The number of aromatic carboxylic acids is 1. The minimum absolute atomic E-state index is 0.106. The van der Waals surface area contributed by atoms with Crippen LogP contribution >= 0.6 is 0 Å². The molecular formula is C36H39N3O4. The van der Waals surface area contributed by atoms with E-state index in [1.807, 2.05) is 80.3 Å². The molecule has 3 aromatic carbocycles. The number of hydrogen-bond donors (Lipinski definition) is 2. The molecule has 1 aliphatic rings. The van der Waals surface area contributed by atoms with Crippen molar-refractivity contribution in [2.75, 3.05) is 11.4 Å². The smallest absolute Gasteiger partial charge is 0.339 e. The number of unbranched alkanes of at least 4 members (excludes halogenated alkanes) is 1. The van der Waals surface area contributed by atoms with Crippen molar-refractivity contribution in [3.63, 3.8) is 0 Å². The summed E-state index contributed by atoms with van der Waals surface area (Å²) in [4.78, 5) is 33.1. The molecule has 0 bridgehead atoms. The van der Waals surface area contributed by atoms with Crippen LogP contribution in [0.1, 0.15) is 75.1 Å². The molecule has 7 heteroatoms. The molecule has 1 aromatic heterocycles. The van der Waals surface area contributed by atoms with Gasteiger partial charge < -0.3 is 20.5 Å². The highest BCUT2D eigenvalue weighted by atomic mass is 16.5. The Morgan fingerprint density at radius 1 is 0.930 bits per heavy atom. The first-order chi connectivity index (χ1) is 20.8. The molecule has 5 rings (SSSR count). The summed E-state index contributed by atoms with van der Waals surface area (Å²) in [5.74, 6) is -1.45. The third-order valence-corrected chi connectivity index (χ3v) is 8.44. The SMILES string of the molecule is CCN1c2ccc(C(=O)O)c(CCCCc3ccncc3)c2C(N)C1(C(=O)OCc1ccccc1)c1cc(C)cc(C)c1. The molecule has 0 saturated heterocycles. The molecule has 2 heterocycles. The number of aryl methyl sites for hydroxylation is 3. The number of carbonyl (C=O) groups is 2. The van der Waals surface area contributed by atoms with Crippen LogP contribution in [-0.2, 0) is 34.5 Å². The molecule has 2 unspecified atom stereocenters. The fourth-order valence-corrected chi connectivity index (χ4v) is 6.59. The highest BCUT2D eigenvalue weighted by Gasteiger charge is 2.58. The van der Waals surface area contributed by atoms with Gasteiger partial charge in [-0.15, -0.1) is 0 Å². The van der Waals surface area contributed by atoms with Crippen LogP contribution < -0.4 is 10.6 Å². The van der Waals surface area contributed by atoms with Gasteiger partial charge in [0, 0.05) is 24.6 Å². The van der Waals surface area contributed by atoms with Crippen molar-refractivity contribution in [2.24, 2.45) is 5.73 Å². The molecule has 4 aromatic rings. The number of anilines is 1. The van der Waals surface area contributed by atoms with E-state index in [9.17, 15) is 14.7 Å². The summed E-state index contributed by atoms with van der Waals surface area (Å²) < 4.78 is 6.07. The lowest BCUT2D eigenvalue weighted by Crippen LogP contribution is -2.55. The number of aromatic nitrogens is 1. The largest absolute Gasteiger partial charge is 0.478 e. The van der Waals surface area contributed by atoms with Crippen molar-refractivity contribution < 1.29 is 19.4 Å². The molecule has 0 fully saturated rings. The van der Waals surface area contributed by atoms with Crippen LogP contribution in [0, 0.1) is 13.8 Å². The fraction of sp³-hybridized carbons (Fsp3) is 0.306. The van der Waals surface area contributed by atoms with Gasteiger partial charge in [0.05, 0.1) is 11.6 Å². The zero-order valence-corrected chi connectivity index (χ0v) is 25.0. The van der Waals surface area contributed by atoms with Crippen molar-refractivity contribution in [1.82, 2.24) is 4.98 Å². The Morgan fingerprint density at radius 3 is 2.26 bits per heavy atom. The zero-order valence-electron chi connectivity index (χ0n) is 25.0. The van der Waals surface area contributed by atoms with Crippen LogP contribution in [0.25, 0.3) is 0 Å². The number of ether oxygens (including phenoxy) is 1. The van der Waals surface area contributed by atoms with E-state index in [2.05, 4.69) is 11.1 Å². The molecule has 0 amide bonds. The molecule has 0 aliphatic carbocycles.